The number of ether oxygens (including phenoxy) is 1. The van der Waals surface area contributed by atoms with Gasteiger partial charge in [-0.25, -0.2) is 19.5 Å². The molecule has 4 aromatic rings. The number of hydrogen-bond donors (Lipinski definition) is 2. The molecule has 0 saturated carbocycles. The lowest BCUT2D eigenvalue weighted by molar-refractivity contribution is -0.511. The summed E-state index contributed by atoms with van der Waals surface area (Å²) in [5.41, 5.74) is 5.92. The first-order valence-corrected chi connectivity index (χ1v) is 8.11. The van der Waals surface area contributed by atoms with Crippen LogP contribution in [-0.2, 0) is 13.7 Å². The Morgan fingerprint density at radius 2 is 2.15 bits per heavy atom. The minimum absolute atomic E-state index is 0.494. The predicted molar refractivity (Wildman–Crippen MR) is 96.9 cm³/mol. The van der Waals surface area contributed by atoms with Crippen molar-refractivity contribution in [3.63, 3.8) is 0 Å². The Labute approximate surface area is 149 Å². The van der Waals surface area contributed by atoms with E-state index in [0.717, 1.165) is 22.7 Å². The van der Waals surface area contributed by atoms with E-state index in [1.54, 1.807) is 6.21 Å². The summed E-state index contributed by atoms with van der Waals surface area (Å²) in [6.45, 7) is 0.499. The van der Waals surface area contributed by atoms with Crippen LogP contribution in [0.3, 0.4) is 0 Å². The Balaban J connectivity index is 1.37. The summed E-state index contributed by atoms with van der Waals surface area (Å²) < 4.78 is 10.1. The lowest BCUT2D eigenvalue weighted by Crippen LogP contribution is -2.17. The van der Waals surface area contributed by atoms with Crippen molar-refractivity contribution in [1.82, 2.24) is 19.7 Å². The van der Waals surface area contributed by atoms with Gasteiger partial charge in [0.1, 0.15) is 18.3 Å². The third kappa shape index (κ3) is 3.39. The van der Waals surface area contributed by atoms with Gasteiger partial charge in [-0.3, -0.25) is 0 Å². The zero-order valence-electron chi connectivity index (χ0n) is 14.2. The van der Waals surface area contributed by atoms with Crippen LogP contribution in [0.25, 0.3) is 5.65 Å². The van der Waals surface area contributed by atoms with Crippen LogP contribution in [0.2, 0.25) is 0 Å². The Hall–Kier alpha value is -3.68. The van der Waals surface area contributed by atoms with E-state index >= 15 is 0 Å². The Morgan fingerprint density at radius 3 is 2.92 bits per heavy atom. The molecule has 0 aliphatic heterocycles. The van der Waals surface area contributed by atoms with E-state index in [9.17, 15) is 0 Å². The molecule has 0 aliphatic rings. The molecule has 130 valence electrons. The number of anilines is 1. The van der Waals surface area contributed by atoms with Gasteiger partial charge in [0.2, 0.25) is 5.95 Å². The number of hydrazone groups is 1. The lowest BCUT2D eigenvalue weighted by Gasteiger charge is -2.04. The maximum absolute atomic E-state index is 5.90. The summed E-state index contributed by atoms with van der Waals surface area (Å²) in [6, 6.07) is 13.8. The minimum Gasteiger partial charge on any atom is -0.485 e. The standard InChI is InChI=1S/C18H18N7O/c1-24-15(11-25-9-3-2-4-17(24)25)12-26-16-7-5-14(6-8-16)10-20-22-18-19-13-21-23-18/h2-11,13H,12H2,1H3,(H2,19,21,22,23)/q+1/b20-10+. The first kappa shape index (κ1) is 15.8. The fourth-order valence-electron chi connectivity index (χ4n) is 2.60. The SMILES string of the molecule is Cn1c(COc2ccc(/C=N/Nc3ncn[nH]3)cc2)c[n+]2ccccc12. The first-order chi connectivity index (χ1) is 12.8. The topological polar surface area (TPSA) is 84.2 Å². The van der Waals surface area contributed by atoms with E-state index in [2.05, 4.69) is 46.9 Å². The lowest BCUT2D eigenvalue weighted by atomic mass is 10.2. The van der Waals surface area contributed by atoms with Crippen molar-refractivity contribution in [3.8, 4) is 5.75 Å². The fourth-order valence-corrected chi connectivity index (χ4v) is 2.60. The third-order valence-corrected chi connectivity index (χ3v) is 4.00. The van der Waals surface area contributed by atoms with Crippen LogP contribution in [-0.4, -0.2) is 26.0 Å². The van der Waals surface area contributed by atoms with Crippen LogP contribution in [0.15, 0.2) is 66.3 Å². The van der Waals surface area contributed by atoms with Crippen molar-refractivity contribution in [2.24, 2.45) is 12.1 Å². The van der Waals surface area contributed by atoms with Crippen LogP contribution in [0.4, 0.5) is 5.95 Å². The molecule has 3 heterocycles. The number of rotatable bonds is 6. The molecule has 0 amide bonds. The maximum Gasteiger partial charge on any atom is 0.286 e. The van der Waals surface area contributed by atoms with Gasteiger partial charge in [0.25, 0.3) is 5.65 Å². The van der Waals surface area contributed by atoms with Gasteiger partial charge in [0.15, 0.2) is 12.3 Å². The number of benzene rings is 1. The maximum atomic E-state index is 5.90. The number of nitrogens with one attached hydrogen (secondary N) is 2. The molecule has 2 N–H and O–H groups in total. The number of hydrogen-bond acceptors (Lipinski definition) is 5. The average molecular weight is 348 g/mol. The van der Waals surface area contributed by atoms with Gasteiger partial charge in [-0.2, -0.15) is 15.2 Å². The molecule has 0 saturated heterocycles. The van der Waals surface area contributed by atoms with Crippen LogP contribution in [0.5, 0.6) is 5.75 Å². The second-order valence-corrected chi connectivity index (χ2v) is 5.71. The van der Waals surface area contributed by atoms with Crippen molar-refractivity contribution in [2.75, 3.05) is 5.43 Å². The number of H-pyrrole nitrogens is 1. The summed E-state index contributed by atoms with van der Waals surface area (Å²) >= 11 is 0. The fraction of sp³-hybridized carbons (Fsp3) is 0.111. The summed E-state index contributed by atoms with van der Waals surface area (Å²) in [5, 5.41) is 10.5. The zero-order valence-corrected chi connectivity index (χ0v) is 14.2. The summed E-state index contributed by atoms with van der Waals surface area (Å²) in [4.78, 5) is 3.92. The normalized spacial score (nSPS) is 11.3. The van der Waals surface area contributed by atoms with Crippen molar-refractivity contribution in [1.29, 1.82) is 0 Å². The van der Waals surface area contributed by atoms with E-state index in [4.69, 9.17) is 4.74 Å². The molecule has 1 aromatic carbocycles. The number of aromatic nitrogens is 5. The van der Waals surface area contributed by atoms with Crippen molar-refractivity contribution >= 4 is 17.8 Å². The molecule has 4 rings (SSSR count). The molecule has 0 atom stereocenters. The van der Waals surface area contributed by atoms with Gasteiger partial charge in [-0.1, -0.05) is 6.07 Å². The quantitative estimate of drug-likeness (QED) is 0.317. The van der Waals surface area contributed by atoms with Crippen LogP contribution < -0.4 is 14.6 Å². The van der Waals surface area contributed by atoms with E-state index in [1.165, 1.54) is 6.33 Å². The summed E-state index contributed by atoms with van der Waals surface area (Å²) in [5.74, 6) is 1.30. The Bertz CT molecular complexity index is 1020. The average Bonchev–Trinajstić information content (AvgIpc) is 3.30. The smallest absolute Gasteiger partial charge is 0.286 e. The van der Waals surface area contributed by atoms with Gasteiger partial charge < -0.3 is 4.74 Å². The monoisotopic (exact) mass is 348 g/mol. The number of aromatic amines is 1. The number of aryl methyl sites for hydroxylation is 1. The van der Waals surface area contributed by atoms with E-state index < -0.39 is 0 Å². The van der Waals surface area contributed by atoms with E-state index in [0.29, 0.717) is 12.6 Å². The molecule has 0 aliphatic carbocycles. The highest BCUT2D eigenvalue weighted by Gasteiger charge is 2.13. The van der Waals surface area contributed by atoms with Gasteiger partial charge in [-0.15, -0.1) is 0 Å². The molecule has 0 unspecified atom stereocenters. The third-order valence-electron chi connectivity index (χ3n) is 4.00. The highest BCUT2D eigenvalue weighted by molar-refractivity contribution is 5.80. The molecular weight excluding hydrogens is 330 g/mol. The zero-order chi connectivity index (χ0) is 17.8. The van der Waals surface area contributed by atoms with Crippen LogP contribution in [0, 0.1) is 0 Å². The molecule has 3 aromatic heterocycles. The highest BCUT2D eigenvalue weighted by atomic mass is 16.5. The molecule has 0 fully saturated rings. The number of nitrogens with zero attached hydrogens (tertiary/aromatic N) is 5. The molecule has 26 heavy (non-hydrogen) atoms. The number of imidazole rings is 1. The van der Waals surface area contributed by atoms with Crippen molar-refractivity contribution in [2.45, 2.75) is 6.61 Å². The Kier molecular flexibility index (Phi) is 4.29. The molecular formula is C18H18N7O+. The Morgan fingerprint density at radius 1 is 1.27 bits per heavy atom. The molecule has 0 bridgehead atoms. The van der Waals surface area contributed by atoms with Gasteiger partial charge in [-0.05, 0) is 35.9 Å². The van der Waals surface area contributed by atoms with Gasteiger partial charge in [0.05, 0.1) is 19.5 Å². The second kappa shape index (κ2) is 7.06. The number of pyridine rings is 1. The summed E-state index contributed by atoms with van der Waals surface area (Å²) in [6.07, 6.45) is 7.22. The summed E-state index contributed by atoms with van der Waals surface area (Å²) in [7, 11) is 2.04. The first-order valence-electron chi connectivity index (χ1n) is 8.11. The molecule has 8 nitrogen and oxygen atoms in total. The van der Waals surface area contributed by atoms with Gasteiger partial charge in [0, 0.05) is 6.07 Å². The molecule has 0 spiro atoms. The number of fused-ring (bicyclic) bond motifs is 1. The molecule has 8 heteroatoms. The van der Waals surface area contributed by atoms with Crippen molar-refractivity contribution in [3.05, 3.63) is 72.4 Å². The van der Waals surface area contributed by atoms with Crippen LogP contribution >= 0.6 is 0 Å². The molecule has 0 radical (unpaired) electrons. The predicted octanol–water partition coefficient (Wildman–Crippen LogP) is 1.91. The van der Waals surface area contributed by atoms with E-state index in [1.807, 2.05) is 49.6 Å². The van der Waals surface area contributed by atoms with Gasteiger partial charge >= 0.3 is 0 Å². The van der Waals surface area contributed by atoms with E-state index in [-0.39, 0.29) is 0 Å². The minimum atomic E-state index is 0.494. The second-order valence-electron chi connectivity index (χ2n) is 5.71. The highest BCUT2D eigenvalue weighted by Crippen LogP contribution is 2.14. The largest absolute Gasteiger partial charge is 0.485 e. The van der Waals surface area contributed by atoms with Crippen molar-refractivity contribution < 1.29 is 9.14 Å². The van der Waals surface area contributed by atoms with Crippen LogP contribution in [0.1, 0.15) is 11.3 Å².